The summed E-state index contributed by atoms with van der Waals surface area (Å²) >= 11 is 5.71. The van der Waals surface area contributed by atoms with Crippen molar-refractivity contribution in [1.29, 1.82) is 5.26 Å². The normalized spacial score (nSPS) is 22.2. The Morgan fingerprint density at radius 3 is 2.31 bits per heavy atom. The van der Waals surface area contributed by atoms with Crippen LogP contribution < -0.4 is 0 Å². The number of amides is 1. The number of carbonyl (C=O) groups is 1. The second-order valence-electron chi connectivity index (χ2n) is 9.89. The summed E-state index contributed by atoms with van der Waals surface area (Å²) < 4.78 is 0. The second-order valence-corrected chi connectivity index (χ2v) is 10.3. The van der Waals surface area contributed by atoms with Crippen LogP contribution in [0.1, 0.15) is 95.6 Å². The lowest BCUT2D eigenvalue weighted by Gasteiger charge is -2.27. The van der Waals surface area contributed by atoms with E-state index in [1.54, 1.807) is 12.1 Å². The summed E-state index contributed by atoms with van der Waals surface area (Å²) in [5.74, 6) is 1.67. The predicted molar refractivity (Wildman–Crippen MR) is 132 cm³/mol. The van der Waals surface area contributed by atoms with Gasteiger partial charge < -0.3 is 10.0 Å². The summed E-state index contributed by atoms with van der Waals surface area (Å²) in [6.07, 6.45) is 13.3. The number of hydrogen-bond donors (Lipinski definition) is 1. The molecule has 1 aromatic rings. The fourth-order valence-corrected chi connectivity index (χ4v) is 5.17. The molecule has 32 heavy (non-hydrogen) atoms. The van der Waals surface area contributed by atoms with E-state index in [-0.39, 0.29) is 5.91 Å². The molecule has 0 aromatic heterocycles. The van der Waals surface area contributed by atoms with Gasteiger partial charge >= 0.3 is 0 Å². The second kappa shape index (κ2) is 13.2. The molecule has 4 nitrogen and oxygen atoms in total. The van der Waals surface area contributed by atoms with Crippen LogP contribution in [0.4, 0.5) is 0 Å². The smallest absolute Gasteiger partial charge is 0.254 e. The molecule has 4 rings (SSSR count). The van der Waals surface area contributed by atoms with Gasteiger partial charge in [-0.05, 0) is 68.6 Å². The molecule has 1 amide bonds. The topological polar surface area (TPSA) is 64.3 Å². The minimum atomic E-state index is -1.01. The van der Waals surface area contributed by atoms with E-state index in [2.05, 4.69) is 13.8 Å². The van der Waals surface area contributed by atoms with Gasteiger partial charge in [0.1, 0.15) is 11.7 Å². The standard InChI is InChI=1S/C11H19NO2.C8H6ClN.C8H16/c1-9-4-7-12(8-9)10(13)11(14)5-2-3-6-11;1-6-2-3-7(5-10)8(9)4-6;1-2-8-6-4-3-5-7-8/h9,14H,2-8H2,1H3;2-4H,1H3;8H,2-7H2,1H3. The number of rotatable bonds is 2. The lowest BCUT2D eigenvalue weighted by molar-refractivity contribution is -0.149. The van der Waals surface area contributed by atoms with Crippen LogP contribution >= 0.6 is 11.6 Å². The molecule has 1 aliphatic heterocycles. The minimum absolute atomic E-state index is 0.0145. The third-order valence-corrected chi connectivity index (χ3v) is 7.40. The molecule has 1 unspecified atom stereocenters. The van der Waals surface area contributed by atoms with E-state index < -0.39 is 5.60 Å². The summed E-state index contributed by atoms with van der Waals surface area (Å²) in [6.45, 7) is 8.08. The zero-order valence-electron chi connectivity index (χ0n) is 20.2. The molecule has 0 radical (unpaired) electrons. The molecule has 2 aliphatic carbocycles. The Morgan fingerprint density at radius 2 is 1.84 bits per heavy atom. The number of halogens is 1. The maximum atomic E-state index is 12.0. The number of nitrogens with zero attached hydrogens (tertiary/aromatic N) is 2. The minimum Gasteiger partial charge on any atom is -0.380 e. The maximum absolute atomic E-state index is 12.0. The average molecular weight is 461 g/mol. The Balaban J connectivity index is 0.000000178. The van der Waals surface area contributed by atoms with Crippen LogP contribution in [0.15, 0.2) is 18.2 Å². The molecule has 3 fully saturated rings. The van der Waals surface area contributed by atoms with Gasteiger partial charge in [-0.25, -0.2) is 0 Å². The summed E-state index contributed by atoms with van der Waals surface area (Å²) in [5, 5.41) is 19.1. The third kappa shape index (κ3) is 8.09. The van der Waals surface area contributed by atoms with Gasteiger partial charge in [-0.2, -0.15) is 5.26 Å². The molecule has 1 saturated heterocycles. The van der Waals surface area contributed by atoms with Crippen LogP contribution in [0, 0.1) is 30.1 Å². The van der Waals surface area contributed by atoms with Crippen LogP contribution in [0.5, 0.6) is 0 Å². The molecule has 1 heterocycles. The molecule has 1 N–H and O–H groups in total. The summed E-state index contributed by atoms with van der Waals surface area (Å²) in [6, 6.07) is 7.35. The van der Waals surface area contributed by atoms with Gasteiger partial charge in [0.15, 0.2) is 0 Å². The van der Waals surface area contributed by atoms with E-state index in [0.717, 1.165) is 43.8 Å². The van der Waals surface area contributed by atoms with Crippen molar-refractivity contribution in [2.45, 2.75) is 97.0 Å². The van der Waals surface area contributed by atoms with Crippen molar-refractivity contribution in [3.05, 3.63) is 34.3 Å². The lowest BCUT2D eigenvalue weighted by Crippen LogP contribution is -2.46. The average Bonchev–Trinajstić information content (AvgIpc) is 3.44. The highest BCUT2D eigenvalue weighted by Crippen LogP contribution is 2.32. The zero-order chi connectivity index (χ0) is 23.6. The van der Waals surface area contributed by atoms with Crippen molar-refractivity contribution in [3.63, 3.8) is 0 Å². The zero-order valence-corrected chi connectivity index (χ0v) is 21.0. The maximum Gasteiger partial charge on any atom is 0.254 e. The van der Waals surface area contributed by atoms with Gasteiger partial charge in [0.05, 0.1) is 10.6 Å². The first kappa shape index (κ1) is 26.7. The molecule has 0 spiro atoms. The first-order chi connectivity index (χ1) is 15.3. The van der Waals surface area contributed by atoms with Crippen molar-refractivity contribution in [2.75, 3.05) is 13.1 Å². The van der Waals surface area contributed by atoms with Crippen molar-refractivity contribution in [2.24, 2.45) is 11.8 Å². The summed E-state index contributed by atoms with van der Waals surface area (Å²) in [7, 11) is 0. The highest BCUT2D eigenvalue weighted by molar-refractivity contribution is 6.31. The van der Waals surface area contributed by atoms with E-state index in [4.69, 9.17) is 16.9 Å². The van der Waals surface area contributed by atoms with Crippen LogP contribution in [0.25, 0.3) is 0 Å². The van der Waals surface area contributed by atoms with Crippen LogP contribution in [-0.4, -0.2) is 34.6 Å². The Kier molecular flexibility index (Phi) is 11.0. The summed E-state index contributed by atoms with van der Waals surface area (Å²) in [4.78, 5) is 13.8. The number of nitriles is 1. The quantitative estimate of drug-likeness (QED) is 0.536. The molecule has 178 valence electrons. The number of aliphatic hydroxyl groups is 1. The Bertz CT molecular complexity index is 761. The van der Waals surface area contributed by atoms with Gasteiger partial charge in [-0.1, -0.05) is 70.0 Å². The van der Waals surface area contributed by atoms with Gasteiger partial charge in [-0.15, -0.1) is 0 Å². The SMILES string of the molecule is CC1CCN(C(=O)C2(O)CCCC2)C1.CCC1CCCCC1.Cc1ccc(C#N)c(Cl)c1. The molecule has 1 aromatic carbocycles. The van der Waals surface area contributed by atoms with Gasteiger partial charge in [-0.3, -0.25) is 4.79 Å². The highest BCUT2D eigenvalue weighted by atomic mass is 35.5. The van der Waals surface area contributed by atoms with E-state index in [0.29, 0.717) is 29.3 Å². The molecule has 1 atom stereocenters. The van der Waals surface area contributed by atoms with E-state index >= 15 is 0 Å². The van der Waals surface area contributed by atoms with Crippen molar-refractivity contribution < 1.29 is 9.90 Å². The number of likely N-dealkylation sites (tertiary alicyclic amines) is 1. The van der Waals surface area contributed by atoms with Crippen LogP contribution in [-0.2, 0) is 4.79 Å². The molecular weight excluding hydrogens is 420 g/mol. The first-order valence-corrected chi connectivity index (χ1v) is 12.8. The fraction of sp³-hybridized carbons (Fsp3) is 0.704. The third-order valence-electron chi connectivity index (χ3n) is 7.09. The van der Waals surface area contributed by atoms with Crippen molar-refractivity contribution in [3.8, 4) is 6.07 Å². The molecular formula is C27H41ClN2O2. The predicted octanol–water partition coefficient (Wildman–Crippen LogP) is 6.66. The first-order valence-electron chi connectivity index (χ1n) is 12.5. The number of aryl methyl sites for hydroxylation is 1. The Labute approximate surface area is 200 Å². The number of carbonyl (C=O) groups excluding carboxylic acids is 1. The molecule has 3 aliphatic rings. The van der Waals surface area contributed by atoms with Crippen LogP contribution in [0.3, 0.4) is 0 Å². The number of benzene rings is 1. The fourth-order valence-electron chi connectivity index (χ4n) is 4.89. The van der Waals surface area contributed by atoms with Gasteiger partial charge in [0, 0.05) is 13.1 Å². The number of hydrogen-bond acceptors (Lipinski definition) is 3. The largest absolute Gasteiger partial charge is 0.380 e. The van der Waals surface area contributed by atoms with E-state index in [1.807, 2.05) is 24.0 Å². The van der Waals surface area contributed by atoms with E-state index in [9.17, 15) is 9.90 Å². The molecule has 0 bridgehead atoms. The molecule has 5 heteroatoms. The van der Waals surface area contributed by atoms with E-state index in [1.165, 1.54) is 38.5 Å². The lowest BCUT2D eigenvalue weighted by atomic mass is 9.88. The van der Waals surface area contributed by atoms with Crippen LogP contribution in [0.2, 0.25) is 5.02 Å². The molecule has 2 saturated carbocycles. The van der Waals surface area contributed by atoms with Crippen molar-refractivity contribution >= 4 is 17.5 Å². The summed E-state index contributed by atoms with van der Waals surface area (Å²) in [5.41, 5.74) is 0.598. The highest BCUT2D eigenvalue weighted by Gasteiger charge is 2.42. The Morgan fingerprint density at radius 1 is 1.19 bits per heavy atom. The monoisotopic (exact) mass is 460 g/mol. The van der Waals surface area contributed by atoms with Crippen molar-refractivity contribution in [1.82, 2.24) is 4.90 Å². The van der Waals surface area contributed by atoms with Gasteiger partial charge in [0.2, 0.25) is 0 Å². The Hall–Kier alpha value is -1.57. The van der Waals surface area contributed by atoms with Gasteiger partial charge in [0.25, 0.3) is 5.91 Å².